The van der Waals surface area contributed by atoms with Crippen LogP contribution in [0.2, 0.25) is 0 Å². The van der Waals surface area contributed by atoms with E-state index in [4.69, 9.17) is 0 Å². The Labute approximate surface area is 92.8 Å². The summed E-state index contributed by atoms with van der Waals surface area (Å²) in [6, 6.07) is 6.32. The lowest BCUT2D eigenvalue weighted by Crippen LogP contribution is -2.14. The Morgan fingerprint density at radius 3 is 2.93 bits per heavy atom. The molecule has 0 fully saturated rings. The van der Waals surface area contributed by atoms with Crippen molar-refractivity contribution in [3.05, 3.63) is 30.1 Å². The van der Waals surface area contributed by atoms with Crippen LogP contribution in [-0.2, 0) is 9.53 Å². The Balaban J connectivity index is 2.47. The van der Waals surface area contributed by atoms with E-state index in [0.717, 1.165) is 4.90 Å². The van der Waals surface area contributed by atoms with Crippen LogP contribution in [0.25, 0.3) is 0 Å². The van der Waals surface area contributed by atoms with Crippen LogP contribution >= 0.6 is 11.8 Å². The minimum absolute atomic E-state index is 0.178. The summed E-state index contributed by atoms with van der Waals surface area (Å²) in [6.07, 6.45) is 0. The van der Waals surface area contributed by atoms with Crippen molar-refractivity contribution in [3.8, 4) is 0 Å². The molecule has 0 aliphatic rings. The molecule has 1 unspecified atom stereocenters. The Morgan fingerprint density at radius 1 is 1.60 bits per heavy atom. The van der Waals surface area contributed by atoms with E-state index in [9.17, 15) is 9.18 Å². The van der Waals surface area contributed by atoms with Gasteiger partial charge in [0.05, 0.1) is 13.0 Å². The molecule has 1 aromatic carbocycles. The molecular weight excluding hydrogens is 215 g/mol. The molecule has 0 spiro atoms. The number of rotatable bonds is 4. The molecule has 0 aliphatic carbocycles. The van der Waals surface area contributed by atoms with Gasteiger partial charge in [0, 0.05) is 10.6 Å². The van der Waals surface area contributed by atoms with Crippen LogP contribution in [0, 0.1) is 11.7 Å². The highest BCUT2D eigenvalue weighted by Gasteiger charge is 2.13. The van der Waals surface area contributed by atoms with Gasteiger partial charge in [0.2, 0.25) is 0 Å². The first-order valence-corrected chi connectivity index (χ1v) is 5.58. The van der Waals surface area contributed by atoms with Gasteiger partial charge in [-0.15, -0.1) is 11.8 Å². The number of ether oxygens (including phenoxy) is 1. The van der Waals surface area contributed by atoms with Gasteiger partial charge in [0.15, 0.2) is 0 Å². The largest absolute Gasteiger partial charge is 0.469 e. The van der Waals surface area contributed by atoms with E-state index < -0.39 is 0 Å². The van der Waals surface area contributed by atoms with E-state index >= 15 is 0 Å². The fraction of sp³-hybridized carbons (Fsp3) is 0.364. The summed E-state index contributed by atoms with van der Waals surface area (Å²) in [4.78, 5) is 11.9. The average molecular weight is 228 g/mol. The molecule has 0 N–H and O–H groups in total. The lowest BCUT2D eigenvalue weighted by Gasteiger charge is -2.08. The lowest BCUT2D eigenvalue weighted by molar-refractivity contribution is -0.143. The normalized spacial score (nSPS) is 12.2. The summed E-state index contributed by atoms with van der Waals surface area (Å²) < 4.78 is 17.4. The van der Waals surface area contributed by atoms with Crippen molar-refractivity contribution in [2.75, 3.05) is 12.9 Å². The first kappa shape index (κ1) is 12.0. The molecule has 4 heteroatoms. The summed E-state index contributed by atoms with van der Waals surface area (Å²) in [5.74, 6) is -0.0799. The van der Waals surface area contributed by atoms with Crippen molar-refractivity contribution in [1.82, 2.24) is 0 Å². The molecule has 2 nitrogen and oxygen atoms in total. The topological polar surface area (TPSA) is 26.3 Å². The molecule has 0 heterocycles. The van der Waals surface area contributed by atoms with Crippen molar-refractivity contribution in [2.24, 2.45) is 5.92 Å². The Hall–Kier alpha value is -1.03. The van der Waals surface area contributed by atoms with E-state index in [1.807, 2.05) is 6.07 Å². The molecule has 0 radical (unpaired) electrons. The zero-order valence-electron chi connectivity index (χ0n) is 8.70. The van der Waals surface area contributed by atoms with Gasteiger partial charge in [-0.1, -0.05) is 13.0 Å². The first-order valence-electron chi connectivity index (χ1n) is 4.59. The number of thioether (sulfide) groups is 1. The highest BCUT2D eigenvalue weighted by atomic mass is 32.2. The minimum atomic E-state index is -0.259. The van der Waals surface area contributed by atoms with Crippen LogP contribution in [0.15, 0.2) is 29.2 Å². The number of carbonyl (C=O) groups excluding carboxylic acids is 1. The SMILES string of the molecule is COC(=O)C(C)CSc1cccc(F)c1. The first-order chi connectivity index (χ1) is 7.13. The highest BCUT2D eigenvalue weighted by Crippen LogP contribution is 2.21. The van der Waals surface area contributed by atoms with Crippen molar-refractivity contribution < 1.29 is 13.9 Å². The maximum atomic E-state index is 12.8. The summed E-state index contributed by atoms with van der Waals surface area (Å²) in [5.41, 5.74) is 0. The molecule has 0 amide bonds. The van der Waals surface area contributed by atoms with Crippen LogP contribution in [0.3, 0.4) is 0 Å². The number of benzene rings is 1. The number of halogens is 1. The van der Waals surface area contributed by atoms with E-state index in [-0.39, 0.29) is 17.7 Å². The number of hydrogen-bond acceptors (Lipinski definition) is 3. The predicted molar refractivity (Wildman–Crippen MR) is 58.3 cm³/mol. The van der Waals surface area contributed by atoms with Crippen molar-refractivity contribution in [1.29, 1.82) is 0 Å². The molecule has 0 bridgehead atoms. The van der Waals surface area contributed by atoms with Crippen molar-refractivity contribution >= 4 is 17.7 Å². The van der Waals surface area contributed by atoms with Gasteiger partial charge in [-0.25, -0.2) is 4.39 Å². The predicted octanol–water partition coefficient (Wildman–Crippen LogP) is 2.73. The number of carbonyl (C=O) groups is 1. The zero-order chi connectivity index (χ0) is 11.3. The lowest BCUT2D eigenvalue weighted by atomic mass is 10.2. The zero-order valence-corrected chi connectivity index (χ0v) is 9.51. The number of esters is 1. The molecule has 0 saturated heterocycles. The van der Waals surface area contributed by atoms with Gasteiger partial charge in [0.25, 0.3) is 0 Å². The van der Waals surface area contributed by atoms with E-state index in [1.165, 1.54) is 31.0 Å². The molecule has 1 aromatic rings. The third-order valence-electron chi connectivity index (χ3n) is 1.90. The third-order valence-corrected chi connectivity index (χ3v) is 3.15. The van der Waals surface area contributed by atoms with Gasteiger partial charge in [-0.05, 0) is 18.2 Å². The second-order valence-corrected chi connectivity index (χ2v) is 4.29. The Kier molecular flexibility index (Phi) is 4.62. The van der Waals surface area contributed by atoms with E-state index in [2.05, 4.69) is 4.74 Å². The minimum Gasteiger partial charge on any atom is -0.469 e. The Bertz CT molecular complexity index is 341. The maximum absolute atomic E-state index is 12.8. The van der Waals surface area contributed by atoms with Gasteiger partial charge in [-0.3, -0.25) is 4.79 Å². The average Bonchev–Trinajstić information content (AvgIpc) is 2.25. The van der Waals surface area contributed by atoms with Gasteiger partial charge >= 0.3 is 5.97 Å². The molecular formula is C11H13FO2S. The second kappa shape index (κ2) is 5.75. The van der Waals surface area contributed by atoms with Crippen LogP contribution in [0.1, 0.15) is 6.92 Å². The van der Waals surface area contributed by atoms with E-state index in [0.29, 0.717) is 5.75 Å². The molecule has 15 heavy (non-hydrogen) atoms. The fourth-order valence-corrected chi connectivity index (χ4v) is 2.00. The molecule has 0 aromatic heterocycles. The molecule has 0 aliphatic heterocycles. The van der Waals surface area contributed by atoms with Gasteiger partial charge < -0.3 is 4.74 Å². The molecule has 1 atom stereocenters. The van der Waals surface area contributed by atoms with Gasteiger partial charge in [0.1, 0.15) is 5.82 Å². The highest BCUT2D eigenvalue weighted by molar-refractivity contribution is 7.99. The smallest absolute Gasteiger partial charge is 0.309 e. The summed E-state index contributed by atoms with van der Waals surface area (Å²) in [5, 5.41) is 0. The molecule has 1 rings (SSSR count). The standard InChI is InChI=1S/C11H13FO2S/c1-8(11(13)14-2)7-15-10-5-3-4-9(12)6-10/h3-6,8H,7H2,1-2H3. The van der Waals surface area contributed by atoms with Gasteiger partial charge in [-0.2, -0.15) is 0 Å². The van der Waals surface area contributed by atoms with Crippen LogP contribution in [0.4, 0.5) is 4.39 Å². The quantitative estimate of drug-likeness (QED) is 0.585. The fourth-order valence-electron chi connectivity index (χ4n) is 1.05. The van der Waals surface area contributed by atoms with Crippen LogP contribution in [-0.4, -0.2) is 18.8 Å². The third kappa shape index (κ3) is 3.91. The van der Waals surface area contributed by atoms with Crippen molar-refractivity contribution in [3.63, 3.8) is 0 Å². The molecule has 0 saturated carbocycles. The Morgan fingerprint density at radius 2 is 2.33 bits per heavy atom. The summed E-state index contributed by atoms with van der Waals surface area (Å²) >= 11 is 1.45. The summed E-state index contributed by atoms with van der Waals surface area (Å²) in [6.45, 7) is 1.79. The van der Waals surface area contributed by atoms with E-state index in [1.54, 1.807) is 13.0 Å². The second-order valence-electron chi connectivity index (χ2n) is 3.19. The maximum Gasteiger partial charge on any atom is 0.309 e. The van der Waals surface area contributed by atoms with Crippen molar-refractivity contribution in [2.45, 2.75) is 11.8 Å². The number of methoxy groups -OCH3 is 1. The number of hydrogen-bond donors (Lipinski definition) is 0. The monoisotopic (exact) mass is 228 g/mol. The van der Waals surface area contributed by atoms with Crippen LogP contribution in [0.5, 0.6) is 0 Å². The summed E-state index contributed by atoms with van der Waals surface area (Å²) in [7, 11) is 1.37. The molecule has 82 valence electrons. The van der Waals surface area contributed by atoms with Crippen LogP contribution < -0.4 is 0 Å².